The molecule has 20 heavy (non-hydrogen) atoms. The quantitative estimate of drug-likeness (QED) is 0.699. The first-order valence-electron chi connectivity index (χ1n) is 6.92. The van der Waals surface area contributed by atoms with E-state index < -0.39 is 0 Å². The maximum atomic E-state index is 12.4. The van der Waals surface area contributed by atoms with Crippen LogP contribution in [0.3, 0.4) is 0 Å². The molecule has 0 aromatic heterocycles. The number of benzene rings is 1. The lowest BCUT2D eigenvalue weighted by Gasteiger charge is -2.07. The van der Waals surface area contributed by atoms with Crippen molar-refractivity contribution in [1.29, 1.82) is 0 Å². The Morgan fingerprint density at radius 2 is 1.80 bits per heavy atom. The molecular formula is C18H16BO. The van der Waals surface area contributed by atoms with Crippen molar-refractivity contribution in [3.05, 3.63) is 71.3 Å². The molecule has 1 radical (unpaired) electrons. The van der Waals surface area contributed by atoms with Crippen LogP contribution in [0.1, 0.15) is 27.3 Å². The molecule has 0 heterocycles. The minimum absolute atomic E-state index is 0.123. The van der Waals surface area contributed by atoms with Crippen molar-refractivity contribution in [3.8, 4) is 0 Å². The topological polar surface area (TPSA) is 17.1 Å². The zero-order valence-corrected chi connectivity index (χ0v) is 11.8. The first-order chi connectivity index (χ1) is 9.70. The van der Waals surface area contributed by atoms with Crippen LogP contribution >= 0.6 is 0 Å². The van der Waals surface area contributed by atoms with Gasteiger partial charge in [0, 0.05) is 11.4 Å². The minimum atomic E-state index is -0.123. The van der Waals surface area contributed by atoms with E-state index in [9.17, 15) is 4.79 Å². The van der Waals surface area contributed by atoms with Crippen LogP contribution in [0.5, 0.6) is 0 Å². The van der Waals surface area contributed by atoms with Gasteiger partial charge in [-0.25, -0.2) is 0 Å². The van der Waals surface area contributed by atoms with Crippen LogP contribution in [0, 0.1) is 6.92 Å². The Hall–Kier alpha value is -2.09. The molecule has 2 heteroatoms. The summed E-state index contributed by atoms with van der Waals surface area (Å²) in [6.45, 7) is 4.04. The third-order valence-corrected chi connectivity index (χ3v) is 3.84. The van der Waals surface area contributed by atoms with Gasteiger partial charge in [-0.3, -0.25) is 4.79 Å². The number of Topliss-reactive ketones (excluding diaryl/α,β-unsaturated/α-hetero) is 1. The van der Waals surface area contributed by atoms with Crippen molar-refractivity contribution in [2.45, 2.75) is 19.6 Å². The van der Waals surface area contributed by atoms with Gasteiger partial charge in [0.25, 0.3) is 0 Å². The van der Waals surface area contributed by atoms with E-state index in [1.165, 1.54) is 10.9 Å². The predicted molar refractivity (Wildman–Crippen MR) is 85.0 cm³/mol. The average molecular weight is 259 g/mol. The molecule has 1 atom stereocenters. The van der Waals surface area contributed by atoms with E-state index in [0.29, 0.717) is 0 Å². The summed E-state index contributed by atoms with van der Waals surface area (Å²) < 4.78 is 0. The Bertz CT molecular complexity index is 747. The second kappa shape index (κ2) is 5.12. The molecule has 3 rings (SSSR count). The van der Waals surface area contributed by atoms with Crippen LogP contribution in [-0.2, 0) is 0 Å². The highest BCUT2D eigenvalue weighted by Gasteiger charge is 2.27. The molecule has 97 valence electrons. The van der Waals surface area contributed by atoms with Crippen LogP contribution in [0.2, 0.25) is 6.82 Å². The van der Waals surface area contributed by atoms with Gasteiger partial charge >= 0.3 is 0 Å². The molecule has 0 fully saturated rings. The highest BCUT2D eigenvalue weighted by molar-refractivity contribution is 6.46. The lowest BCUT2D eigenvalue weighted by Crippen LogP contribution is -2.11. The molecule has 0 aliphatic heterocycles. The molecule has 1 aliphatic carbocycles. The van der Waals surface area contributed by atoms with E-state index in [1.54, 1.807) is 0 Å². The van der Waals surface area contributed by atoms with Crippen LogP contribution in [0.15, 0.2) is 54.6 Å². The molecule has 0 amide bonds. The molecule has 0 N–H and O–H groups in total. The monoisotopic (exact) mass is 259 g/mol. The number of carbonyl (C=O) groups is 1. The highest BCUT2D eigenvalue weighted by Crippen LogP contribution is 2.31. The molecule has 1 nitrogen and oxygen atoms in total. The van der Waals surface area contributed by atoms with Crippen LogP contribution in [-0.4, -0.2) is 13.1 Å². The van der Waals surface area contributed by atoms with Gasteiger partial charge in [0.1, 0.15) is 7.28 Å². The van der Waals surface area contributed by atoms with Gasteiger partial charge in [-0.1, -0.05) is 60.9 Å². The van der Waals surface area contributed by atoms with Gasteiger partial charge in [0.05, 0.1) is 0 Å². The first-order valence-corrected chi connectivity index (χ1v) is 6.92. The van der Waals surface area contributed by atoms with E-state index in [-0.39, 0.29) is 11.6 Å². The third-order valence-electron chi connectivity index (χ3n) is 3.84. The SMILES string of the molecule is C[B]C1C(=O)c2cccc(C)cc3ccccc3c1c2. The summed E-state index contributed by atoms with van der Waals surface area (Å²) >= 11 is 0. The molecule has 0 spiro atoms. The fraction of sp³-hybridized carbons (Fsp3) is 0.167. The molecule has 0 saturated heterocycles. The highest BCUT2D eigenvalue weighted by atomic mass is 16.1. The fourth-order valence-corrected chi connectivity index (χ4v) is 2.84. The van der Waals surface area contributed by atoms with Gasteiger partial charge in [-0.2, -0.15) is 0 Å². The normalized spacial score (nSPS) is 16.1. The van der Waals surface area contributed by atoms with E-state index in [2.05, 4.69) is 25.1 Å². The second-order valence-electron chi connectivity index (χ2n) is 5.23. The number of hydrogen-bond acceptors (Lipinski definition) is 1. The largest absolute Gasteiger partial charge is 0.294 e. The number of hydrogen-bond donors (Lipinski definition) is 0. The number of carbonyl (C=O) groups excluding carboxylic acids is 1. The zero-order chi connectivity index (χ0) is 14.1. The van der Waals surface area contributed by atoms with Crippen molar-refractivity contribution in [2.24, 2.45) is 0 Å². The third kappa shape index (κ3) is 2.11. The zero-order valence-electron chi connectivity index (χ0n) is 11.8. The Morgan fingerprint density at radius 3 is 2.60 bits per heavy atom. The van der Waals surface area contributed by atoms with Crippen molar-refractivity contribution < 1.29 is 4.79 Å². The lowest BCUT2D eigenvalue weighted by atomic mass is 9.63. The fourth-order valence-electron chi connectivity index (χ4n) is 2.84. The number of fused-ring (bicyclic) bond motifs is 4. The lowest BCUT2D eigenvalue weighted by molar-refractivity contribution is 0.0993. The maximum Gasteiger partial charge on any atom is 0.162 e. The summed E-state index contributed by atoms with van der Waals surface area (Å²) in [4.78, 5) is 12.4. The van der Waals surface area contributed by atoms with Crippen LogP contribution in [0.4, 0.5) is 0 Å². The van der Waals surface area contributed by atoms with E-state index in [1.807, 2.05) is 50.5 Å². The van der Waals surface area contributed by atoms with Crippen molar-refractivity contribution in [1.82, 2.24) is 0 Å². The van der Waals surface area contributed by atoms with Crippen molar-refractivity contribution in [2.75, 3.05) is 0 Å². The van der Waals surface area contributed by atoms with Crippen molar-refractivity contribution >= 4 is 23.8 Å². The van der Waals surface area contributed by atoms with Crippen LogP contribution in [0.25, 0.3) is 10.8 Å². The Kier molecular flexibility index (Phi) is 3.31. The molecule has 1 aliphatic rings. The predicted octanol–water partition coefficient (Wildman–Crippen LogP) is 4.26. The molecular weight excluding hydrogens is 243 g/mol. The van der Waals surface area contributed by atoms with Crippen LogP contribution < -0.4 is 0 Å². The van der Waals surface area contributed by atoms with Gasteiger partial charge in [-0.05, 0) is 29.3 Å². The molecule has 1 unspecified atom stereocenters. The minimum Gasteiger partial charge on any atom is -0.294 e. The molecule has 2 aromatic rings. The standard InChI is InChI=1S/C18H16BO/c1-12-6-5-8-14-11-16(17(19-2)18(14)20)15-9-4-3-7-13(15)10-12/h3-11,17H,1-2H3. The van der Waals surface area contributed by atoms with E-state index in [4.69, 9.17) is 0 Å². The van der Waals surface area contributed by atoms with Gasteiger partial charge in [0.15, 0.2) is 5.78 Å². The molecule has 2 aromatic carbocycles. The summed E-state index contributed by atoms with van der Waals surface area (Å²) in [6.07, 6.45) is 0. The average Bonchev–Trinajstić information content (AvgIpc) is 2.75. The Balaban J connectivity index is 2.47. The second-order valence-corrected chi connectivity index (χ2v) is 5.23. The summed E-state index contributed by atoms with van der Waals surface area (Å²) in [6, 6.07) is 18.4. The smallest absolute Gasteiger partial charge is 0.162 e. The summed E-state index contributed by atoms with van der Waals surface area (Å²) in [5, 5.41) is 2.32. The number of ketones is 1. The van der Waals surface area contributed by atoms with Gasteiger partial charge in [0.2, 0.25) is 0 Å². The van der Waals surface area contributed by atoms with Gasteiger partial charge < -0.3 is 0 Å². The van der Waals surface area contributed by atoms with E-state index in [0.717, 1.165) is 16.5 Å². The Labute approximate surface area is 120 Å². The van der Waals surface area contributed by atoms with Crippen molar-refractivity contribution in [3.63, 3.8) is 0 Å². The first kappa shape index (κ1) is 12.9. The maximum absolute atomic E-state index is 12.4. The molecule has 0 saturated carbocycles. The van der Waals surface area contributed by atoms with Gasteiger partial charge in [-0.15, -0.1) is 0 Å². The number of aryl methyl sites for hydroxylation is 1. The molecule has 2 bridgehead atoms. The summed E-state index contributed by atoms with van der Waals surface area (Å²) in [5.74, 6) is 0.0733. The summed E-state index contributed by atoms with van der Waals surface area (Å²) in [7, 11) is 1.99. The number of rotatable bonds is 1. The summed E-state index contributed by atoms with van der Waals surface area (Å²) in [5.41, 5.74) is 3.09. The van der Waals surface area contributed by atoms with E-state index >= 15 is 0 Å². The Morgan fingerprint density at radius 1 is 1.00 bits per heavy atom.